The number of nitrogens with zero attached hydrogens (tertiary/aromatic N) is 1. The monoisotopic (exact) mass is 299 g/mol. The predicted molar refractivity (Wildman–Crippen MR) is 80.6 cm³/mol. The van der Waals surface area contributed by atoms with Gasteiger partial charge in [-0.1, -0.05) is 11.6 Å². The molecular weight excluding hydrogens is 278 g/mol. The molecule has 1 atom stereocenters. The lowest BCUT2D eigenvalue weighted by atomic mass is 10.0. The van der Waals surface area contributed by atoms with Crippen LogP contribution >= 0.6 is 11.6 Å². The van der Waals surface area contributed by atoms with Gasteiger partial charge in [0.1, 0.15) is 0 Å². The summed E-state index contributed by atoms with van der Waals surface area (Å²) in [5.41, 5.74) is 0.668. The molecule has 0 radical (unpaired) electrons. The zero-order valence-electron chi connectivity index (χ0n) is 12.3. The van der Waals surface area contributed by atoms with Crippen LogP contribution in [0, 0.1) is 0 Å². The van der Waals surface area contributed by atoms with E-state index < -0.39 is 0 Å². The zero-order valence-corrected chi connectivity index (χ0v) is 13.0. The van der Waals surface area contributed by atoms with Crippen molar-refractivity contribution in [3.05, 3.63) is 34.9 Å². The summed E-state index contributed by atoms with van der Waals surface area (Å²) in [6.07, 6.45) is 0. The third-order valence-electron chi connectivity index (χ3n) is 3.22. The van der Waals surface area contributed by atoms with Crippen molar-refractivity contribution < 1.29 is 14.3 Å². The highest BCUT2D eigenvalue weighted by atomic mass is 35.5. The largest absolute Gasteiger partial charge is 0.383 e. The molecule has 0 saturated carbocycles. The van der Waals surface area contributed by atoms with Crippen molar-refractivity contribution in [1.82, 2.24) is 4.90 Å². The highest BCUT2D eigenvalue weighted by Crippen LogP contribution is 2.13. The van der Waals surface area contributed by atoms with Gasteiger partial charge < -0.3 is 9.47 Å². The summed E-state index contributed by atoms with van der Waals surface area (Å²) in [6.45, 7) is 4.47. The van der Waals surface area contributed by atoms with Gasteiger partial charge in [0.15, 0.2) is 5.78 Å². The summed E-state index contributed by atoms with van der Waals surface area (Å²) in [4.78, 5) is 14.5. The molecule has 0 aliphatic carbocycles. The number of carbonyl (C=O) groups is 1. The van der Waals surface area contributed by atoms with Crippen molar-refractivity contribution in [3.63, 3.8) is 0 Å². The number of Topliss-reactive ketones (excluding diaryl/α,β-unsaturated/α-hetero) is 1. The quantitative estimate of drug-likeness (QED) is 0.657. The zero-order chi connectivity index (χ0) is 15.0. The Balaban J connectivity index is 2.73. The van der Waals surface area contributed by atoms with Gasteiger partial charge >= 0.3 is 0 Å². The van der Waals surface area contributed by atoms with E-state index in [4.69, 9.17) is 21.1 Å². The fourth-order valence-electron chi connectivity index (χ4n) is 1.94. The molecule has 0 spiro atoms. The van der Waals surface area contributed by atoms with E-state index in [-0.39, 0.29) is 11.8 Å². The molecule has 5 heteroatoms. The number of benzene rings is 1. The third-order valence-corrected chi connectivity index (χ3v) is 3.47. The van der Waals surface area contributed by atoms with Crippen LogP contribution in [0.15, 0.2) is 24.3 Å². The maximum Gasteiger partial charge on any atom is 0.179 e. The normalized spacial score (nSPS) is 12.7. The minimum atomic E-state index is -0.221. The summed E-state index contributed by atoms with van der Waals surface area (Å²) >= 11 is 5.84. The summed E-state index contributed by atoms with van der Waals surface area (Å²) in [5, 5.41) is 0.629. The average Bonchev–Trinajstić information content (AvgIpc) is 2.47. The molecule has 0 aromatic heterocycles. The van der Waals surface area contributed by atoms with Gasteiger partial charge in [0.25, 0.3) is 0 Å². The van der Waals surface area contributed by atoms with Crippen molar-refractivity contribution in [3.8, 4) is 0 Å². The van der Waals surface area contributed by atoms with Gasteiger partial charge in [0, 0.05) is 37.9 Å². The van der Waals surface area contributed by atoms with Crippen LogP contribution in [-0.2, 0) is 9.47 Å². The molecular formula is C15H22ClNO3. The lowest BCUT2D eigenvalue weighted by molar-refractivity contribution is 0.0687. The molecule has 112 valence electrons. The molecule has 0 aliphatic heterocycles. The predicted octanol–water partition coefficient (Wildman–Crippen LogP) is 2.51. The number of halogens is 1. The number of carbonyl (C=O) groups excluding carboxylic acids is 1. The van der Waals surface area contributed by atoms with Crippen LogP contribution in [0.2, 0.25) is 5.02 Å². The first-order valence-corrected chi connectivity index (χ1v) is 6.99. The lowest BCUT2D eigenvalue weighted by Crippen LogP contribution is -2.42. The van der Waals surface area contributed by atoms with Crippen molar-refractivity contribution in [2.75, 3.05) is 40.5 Å². The Morgan fingerprint density at radius 2 is 1.65 bits per heavy atom. The highest BCUT2D eigenvalue weighted by Gasteiger charge is 2.22. The molecule has 0 fully saturated rings. The minimum absolute atomic E-state index is 0.0777. The van der Waals surface area contributed by atoms with Crippen LogP contribution in [0.25, 0.3) is 0 Å². The van der Waals surface area contributed by atoms with E-state index >= 15 is 0 Å². The standard InChI is InChI=1S/C15H22ClNO3/c1-12(17(8-10-19-2)9-11-20-3)15(18)13-4-6-14(16)7-5-13/h4-7,12H,8-11H2,1-3H3. The summed E-state index contributed by atoms with van der Waals surface area (Å²) in [7, 11) is 3.31. The molecule has 0 aliphatic rings. The van der Waals surface area contributed by atoms with Gasteiger partial charge in [-0.25, -0.2) is 0 Å². The Morgan fingerprint density at radius 3 is 2.10 bits per heavy atom. The van der Waals surface area contributed by atoms with E-state index in [1.54, 1.807) is 38.5 Å². The molecule has 0 amide bonds. The van der Waals surface area contributed by atoms with Gasteiger partial charge in [-0.05, 0) is 31.2 Å². The lowest BCUT2D eigenvalue weighted by Gasteiger charge is -2.27. The second-order valence-electron chi connectivity index (χ2n) is 4.57. The van der Waals surface area contributed by atoms with Gasteiger partial charge in [-0.3, -0.25) is 9.69 Å². The number of methoxy groups -OCH3 is 2. The van der Waals surface area contributed by atoms with Crippen LogP contribution in [-0.4, -0.2) is 57.2 Å². The number of hydrogen-bond donors (Lipinski definition) is 0. The van der Waals surface area contributed by atoms with Gasteiger partial charge in [-0.2, -0.15) is 0 Å². The summed E-state index contributed by atoms with van der Waals surface area (Å²) in [5.74, 6) is 0.0777. The first-order valence-electron chi connectivity index (χ1n) is 6.62. The molecule has 1 aromatic rings. The maximum atomic E-state index is 12.5. The van der Waals surface area contributed by atoms with Crippen LogP contribution in [0.4, 0.5) is 0 Å². The van der Waals surface area contributed by atoms with Crippen LogP contribution < -0.4 is 0 Å². The average molecular weight is 300 g/mol. The van der Waals surface area contributed by atoms with E-state index in [2.05, 4.69) is 4.90 Å². The first-order chi connectivity index (χ1) is 9.60. The fraction of sp³-hybridized carbons (Fsp3) is 0.533. The van der Waals surface area contributed by atoms with Gasteiger partial charge in [0.2, 0.25) is 0 Å². The minimum Gasteiger partial charge on any atom is -0.383 e. The van der Waals surface area contributed by atoms with Gasteiger partial charge in [-0.15, -0.1) is 0 Å². The smallest absolute Gasteiger partial charge is 0.179 e. The molecule has 0 bridgehead atoms. The van der Waals surface area contributed by atoms with Crippen LogP contribution in [0.5, 0.6) is 0 Å². The molecule has 20 heavy (non-hydrogen) atoms. The van der Waals surface area contributed by atoms with Crippen LogP contribution in [0.1, 0.15) is 17.3 Å². The number of ketones is 1. The summed E-state index contributed by atoms with van der Waals surface area (Å²) in [6, 6.07) is 6.76. The number of ether oxygens (including phenoxy) is 2. The molecule has 1 rings (SSSR count). The SMILES string of the molecule is COCCN(CCOC)C(C)C(=O)c1ccc(Cl)cc1. The fourth-order valence-corrected chi connectivity index (χ4v) is 2.06. The van der Waals surface area contributed by atoms with Crippen molar-refractivity contribution in [2.24, 2.45) is 0 Å². The molecule has 0 N–H and O–H groups in total. The topological polar surface area (TPSA) is 38.8 Å². The molecule has 0 saturated heterocycles. The van der Waals surface area contributed by atoms with E-state index in [1.165, 1.54) is 0 Å². The molecule has 1 aromatic carbocycles. The van der Waals surface area contributed by atoms with E-state index in [0.29, 0.717) is 36.9 Å². The molecule has 0 heterocycles. The van der Waals surface area contributed by atoms with Crippen molar-refractivity contribution in [1.29, 1.82) is 0 Å². The van der Waals surface area contributed by atoms with Crippen molar-refractivity contribution in [2.45, 2.75) is 13.0 Å². The second-order valence-corrected chi connectivity index (χ2v) is 5.01. The van der Waals surface area contributed by atoms with E-state index in [1.807, 2.05) is 6.92 Å². The summed E-state index contributed by atoms with van der Waals surface area (Å²) < 4.78 is 10.2. The Bertz CT molecular complexity index is 400. The first kappa shape index (κ1) is 17.1. The maximum absolute atomic E-state index is 12.5. The van der Waals surface area contributed by atoms with Gasteiger partial charge in [0.05, 0.1) is 19.3 Å². The Hall–Kier alpha value is -0.940. The van der Waals surface area contributed by atoms with E-state index in [0.717, 1.165) is 0 Å². The third kappa shape index (κ3) is 5.21. The Morgan fingerprint density at radius 1 is 1.15 bits per heavy atom. The Kier molecular flexibility index (Phi) is 7.77. The number of rotatable bonds is 9. The second kappa shape index (κ2) is 9.08. The van der Waals surface area contributed by atoms with Crippen molar-refractivity contribution >= 4 is 17.4 Å². The highest BCUT2D eigenvalue weighted by molar-refractivity contribution is 6.30. The number of hydrogen-bond acceptors (Lipinski definition) is 4. The van der Waals surface area contributed by atoms with Crippen LogP contribution in [0.3, 0.4) is 0 Å². The Labute approximate surface area is 125 Å². The van der Waals surface area contributed by atoms with E-state index in [9.17, 15) is 4.79 Å². The molecule has 1 unspecified atom stereocenters. The molecule has 4 nitrogen and oxygen atoms in total.